The second kappa shape index (κ2) is 6.58. The van der Waals surface area contributed by atoms with Crippen molar-refractivity contribution in [3.05, 3.63) is 59.9 Å². The first kappa shape index (κ1) is 14.5. The van der Waals surface area contributed by atoms with Gasteiger partial charge in [-0.1, -0.05) is 30.3 Å². The molecule has 114 valence electrons. The molecule has 1 aromatic heterocycles. The van der Waals surface area contributed by atoms with Gasteiger partial charge in [0, 0.05) is 43.8 Å². The summed E-state index contributed by atoms with van der Waals surface area (Å²) in [7, 11) is 0. The van der Waals surface area contributed by atoms with E-state index in [4.69, 9.17) is 5.73 Å². The lowest BCUT2D eigenvalue weighted by molar-refractivity contribution is 0.0938. The molecule has 1 unspecified atom stereocenters. The van der Waals surface area contributed by atoms with Crippen molar-refractivity contribution in [3.8, 4) is 0 Å². The van der Waals surface area contributed by atoms with Crippen LogP contribution >= 0.6 is 0 Å². The minimum Gasteiger partial charge on any atom is -0.398 e. The summed E-state index contributed by atoms with van der Waals surface area (Å²) >= 11 is 0. The van der Waals surface area contributed by atoms with E-state index in [9.17, 15) is 4.79 Å². The predicted molar refractivity (Wildman–Crippen MR) is 86.2 cm³/mol. The predicted octanol–water partition coefficient (Wildman–Crippen LogP) is 1.67. The summed E-state index contributed by atoms with van der Waals surface area (Å²) in [5.74, 6) is -0.142. The summed E-state index contributed by atoms with van der Waals surface area (Å²) in [6, 6.07) is 12.2. The summed E-state index contributed by atoms with van der Waals surface area (Å²) in [5, 5.41) is 3.05. The molecule has 3 rings (SSSR count). The van der Waals surface area contributed by atoms with Crippen LogP contribution in [0.1, 0.15) is 22.3 Å². The number of carbonyl (C=O) groups is 1. The molecule has 2 aromatic rings. The van der Waals surface area contributed by atoms with Gasteiger partial charge in [0.25, 0.3) is 5.91 Å². The van der Waals surface area contributed by atoms with E-state index in [1.807, 2.05) is 6.07 Å². The van der Waals surface area contributed by atoms with Gasteiger partial charge >= 0.3 is 0 Å². The summed E-state index contributed by atoms with van der Waals surface area (Å²) in [5.41, 5.74) is 8.02. The molecule has 0 spiro atoms. The van der Waals surface area contributed by atoms with Crippen LogP contribution in [-0.2, 0) is 6.54 Å². The van der Waals surface area contributed by atoms with Crippen LogP contribution < -0.4 is 11.1 Å². The van der Waals surface area contributed by atoms with Gasteiger partial charge in [0.15, 0.2) is 0 Å². The molecule has 1 aliphatic rings. The molecule has 2 heterocycles. The lowest BCUT2D eigenvalue weighted by Crippen LogP contribution is -2.37. The molecule has 1 fully saturated rings. The van der Waals surface area contributed by atoms with Gasteiger partial charge in [0.1, 0.15) is 0 Å². The highest BCUT2D eigenvalue weighted by Gasteiger charge is 2.24. The summed E-state index contributed by atoms with van der Waals surface area (Å²) in [6.07, 6.45) is 4.06. The van der Waals surface area contributed by atoms with Gasteiger partial charge in [-0.15, -0.1) is 0 Å². The summed E-state index contributed by atoms with van der Waals surface area (Å²) in [4.78, 5) is 18.6. The van der Waals surface area contributed by atoms with Crippen molar-refractivity contribution in [2.75, 3.05) is 18.8 Å². The molecule has 1 aromatic carbocycles. The van der Waals surface area contributed by atoms with E-state index >= 15 is 0 Å². The number of hydrogen-bond donors (Lipinski definition) is 2. The third-order valence-electron chi connectivity index (χ3n) is 3.96. The first-order chi connectivity index (χ1) is 10.7. The van der Waals surface area contributed by atoms with E-state index in [-0.39, 0.29) is 11.9 Å². The lowest BCUT2D eigenvalue weighted by Gasteiger charge is -2.17. The zero-order chi connectivity index (χ0) is 15.4. The van der Waals surface area contributed by atoms with Crippen molar-refractivity contribution in [2.24, 2.45) is 0 Å². The fourth-order valence-corrected chi connectivity index (χ4v) is 2.79. The molecule has 1 saturated heterocycles. The van der Waals surface area contributed by atoms with Crippen LogP contribution in [0.3, 0.4) is 0 Å². The molecule has 0 radical (unpaired) electrons. The Morgan fingerprint density at radius 1 is 1.32 bits per heavy atom. The van der Waals surface area contributed by atoms with Gasteiger partial charge in [-0.25, -0.2) is 0 Å². The maximum atomic E-state index is 12.2. The molecule has 0 aliphatic carbocycles. The monoisotopic (exact) mass is 296 g/mol. The number of carbonyl (C=O) groups excluding carboxylic acids is 1. The molecule has 1 atom stereocenters. The van der Waals surface area contributed by atoms with E-state index < -0.39 is 0 Å². The highest BCUT2D eigenvalue weighted by Crippen LogP contribution is 2.15. The van der Waals surface area contributed by atoms with Gasteiger partial charge in [0.2, 0.25) is 0 Å². The molecule has 1 amide bonds. The maximum absolute atomic E-state index is 12.2. The summed E-state index contributed by atoms with van der Waals surface area (Å²) < 4.78 is 0. The number of nitrogens with zero attached hydrogens (tertiary/aromatic N) is 2. The van der Waals surface area contributed by atoms with Crippen LogP contribution in [0.4, 0.5) is 5.69 Å². The largest absolute Gasteiger partial charge is 0.398 e. The molecule has 1 aliphatic heterocycles. The van der Waals surface area contributed by atoms with Gasteiger partial charge in [-0.05, 0) is 18.1 Å². The first-order valence-corrected chi connectivity index (χ1v) is 7.49. The fraction of sp³-hybridized carbons (Fsp3) is 0.294. The van der Waals surface area contributed by atoms with Crippen molar-refractivity contribution < 1.29 is 4.79 Å². The van der Waals surface area contributed by atoms with Crippen LogP contribution in [0.5, 0.6) is 0 Å². The summed E-state index contributed by atoms with van der Waals surface area (Å²) in [6.45, 7) is 2.77. The number of benzene rings is 1. The average molecular weight is 296 g/mol. The van der Waals surface area contributed by atoms with E-state index in [1.54, 1.807) is 12.3 Å². The second-order valence-corrected chi connectivity index (χ2v) is 5.64. The minimum absolute atomic E-state index is 0.142. The van der Waals surface area contributed by atoms with Crippen LogP contribution in [0.15, 0.2) is 48.8 Å². The Bertz CT molecular complexity index is 644. The van der Waals surface area contributed by atoms with E-state index in [2.05, 4.69) is 39.5 Å². The Morgan fingerprint density at radius 3 is 2.91 bits per heavy atom. The van der Waals surface area contributed by atoms with Crippen molar-refractivity contribution in [3.63, 3.8) is 0 Å². The fourth-order valence-electron chi connectivity index (χ4n) is 2.79. The van der Waals surface area contributed by atoms with Crippen LogP contribution in [-0.4, -0.2) is 34.9 Å². The van der Waals surface area contributed by atoms with E-state index in [0.29, 0.717) is 11.3 Å². The second-order valence-electron chi connectivity index (χ2n) is 5.64. The van der Waals surface area contributed by atoms with Crippen molar-refractivity contribution >= 4 is 11.6 Å². The number of pyridine rings is 1. The zero-order valence-corrected chi connectivity index (χ0v) is 12.4. The Morgan fingerprint density at radius 2 is 2.14 bits per heavy atom. The van der Waals surface area contributed by atoms with Crippen LogP contribution in [0.2, 0.25) is 0 Å². The Kier molecular flexibility index (Phi) is 4.34. The number of rotatable bonds is 4. The Hall–Kier alpha value is -2.40. The lowest BCUT2D eigenvalue weighted by atomic mass is 10.2. The number of nitrogen functional groups attached to an aromatic ring is 1. The van der Waals surface area contributed by atoms with Gasteiger partial charge < -0.3 is 11.1 Å². The standard InChI is InChI=1S/C17H20N4O/c18-16-6-8-19-10-15(16)17(22)20-14-7-9-21(12-14)11-13-4-2-1-3-5-13/h1-6,8,10,14H,7,9,11-12H2,(H2,18,19)(H,20,22). The number of nitrogens with two attached hydrogens (primary N) is 1. The molecule has 0 saturated carbocycles. The van der Waals surface area contributed by atoms with Gasteiger partial charge in [-0.2, -0.15) is 0 Å². The number of amides is 1. The molecular weight excluding hydrogens is 276 g/mol. The van der Waals surface area contributed by atoms with E-state index in [1.165, 1.54) is 11.8 Å². The third kappa shape index (κ3) is 3.43. The molecule has 3 N–H and O–H groups in total. The van der Waals surface area contributed by atoms with Crippen molar-refractivity contribution in [1.29, 1.82) is 0 Å². The SMILES string of the molecule is Nc1ccncc1C(=O)NC1CCN(Cc2ccccc2)C1. The highest BCUT2D eigenvalue weighted by molar-refractivity contribution is 5.98. The average Bonchev–Trinajstić information content (AvgIpc) is 2.95. The maximum Gasteiger partial charge on any atom is 0.255 e. The quantitative estimate of drug-likeness (QED) is 0.900. The first-order valence-electron chi connectivity index (χ1n) is 7.49. The molecule has 22 heavy (non-hydrogen) atoms. The Labute approximate surface area is 130 Å². The van der Waals surface area contributed by atoms with E-state index in [0.717, 1.165) is 26.1 Å². The van der Waals surface area contributed by atoms with Crippen LogP contribution in [0, 0.1) is 0 Å². The zero-order valence-electron chi connectivity index (χ0n) is 12.4. The molecular formula is C17H20N4O. The number of hydrogen-bond acceptors (Lipinski definition) is 4. The number of anilines is 1. The van der Waals surface area contributed by atoms with Gasteiger partial charge in [-0.3, -0.25) is 14.7 Å². The normalized spacial score (nSPS) is 18.3. The smallest absolute Gasteiger partial charge is 0.255 e. The van der Waals surface area contributed by atoms with Gasteiger partial charge in [0.05, 0.1) is 5.56 Å². The molecule has 5 heteroatoms. The topological polar surface area (TPSA) is 71.2 Å². The van der Waals surface area contributed by atoms with Crippen LogP contribution in [0.25, 0.3) is 0 Å². The highest BCUT2D eigenvalue weighted by atomic mass is 16.1. The minimum atomic E-state index is -0.142. The third-order valence-corrected chi connectivity index (χ3v) is 3.96. The number of likely N-dealkylation sites (tertiary alicyclic amines) is 1. The Balaban J connectivity index is 1.55. The van der Waals surface area contributed by atoms with Crippen molar-refractivity contribution in [1.82, 2.24) is 15.2 Å². The molecule has 5 nitrogen and oxygen atoms in total. The number of nitrogens with one attached hydrogen (secondary N) is 1. The van der Waals surface area contributed by atoms with Crippen molar-refractivity contribution in [2.45, 2.75) is 19.0 Å². The molecule has 0 bridgehead atoms. The number of aromatic nitrogens is 1.